The molecule has 0 bridgehead atoms. The van der Waals surface area contributed by atoms with Gasteiger partial charge in [0.2, 0.25) is 6.29 Å². The zero-order chi connectivity index (χ0) is 8.43. The van der Waals surface area contributed by atoms with Crippen LogP contribution in [0.15, 0.2) is 0 Å². The predicted molar refractivity (Wildman–Crippen MR) is 39.9 cm³/mol. The van der Waals surface area contributed by atoms with Crippen molar-refractivity contribution in [3.63, 3.8) is 0 Å². The van der Waals surface area contributed by atoms with Crippen LogP contribution in [0.25, 0.3) is 0 Å². The molecular weight excluding hydrogens is 144 g/mol. The lowest BCUT2D eigenvalue weighted by Crippen LogP contribution is -2.10. The molecule has 0 saturated carbocycles. The minimum absolute atomic E-state index is 0.130. The van der Waals surface area contributed by atoms with Gasteiger partial charge in [0, 0.05) is 6.42 Å². The normalized spacial score (nSPS) is 28.7. The van der Waals surface area contributed by atoms with Crippen LogP contribution in [0.4, 0.5) is 0 Å². The average Bonchev–Trinajstić information content (AvgIpc) is 2.67. The fraction of sp³-hybridized carbons (Fsp3) is 0.875. The molecule has 11 heavy (non-hydrogen) atoms. The highest BCUT2D eigenvalue weighted by Gasteiger charge is 2.44. The molecule has 0 amide bonds. The second-order valence-corrected chi connectivity index (χ2v) is 3.06. The third-order valence-electron chi connectivity index (χ3n) is 1.68. The van der Waals surface area contributed by atoms with E-state index < -0.39 is 0 Å². The molecule has 0 N–H and O–H groups in total. The molecule has 1 rings (SSSR count). The standard InChI is InChI=1S/C8H14O3/c1-4-6(9)10-8-7(11-8)5(2)3/h5,7-8H,4H2,1-3H3/t7-,8+/m0/s1. The fourth-order valence-corrected chi connectivity index (χ4v) is 0.889. The molecule has 2 atom stereocenters. The molecule has 0 aliphatic carbocycles. The van der Waals surface area contributed by atoms with Crippen LogP contribution in [-0.4, -0.2) is 18.4 Å². The van der Waals surface area contributed by atoms with Gasteiger partial charge < -0.3 is 9.47 Å². The van der Waals surface area contributed by atoms with Crippen molar-refractivity contribution in [1.29, 1.82) is 0 Å². The molecule has 3 heteroatoms. The van der Waals surface area contributed by atoms with Gasteiger partial charge in [-0.2, -0.15) is 0 Å². The Bertz CT molecular complexity index is 153. The van der Waals surface area contributed by atoms with E-state index >= 15 is 0 Å². The van der Waals surface area contributed by atoms with Gasteiger partial charge in [-0.1, -0.05) is 20.8 Å². The summed E-state index contributed by atoms with van der Waals surface area (Å²) in [6.45, 7) is 5.87. The third kappa shape index (κ3) is 2.19. The molecule has 64 valence electrons. The van der Waals surface area contributed by atoms with E-state index in [1.807, 2.05) is 13.8 Å². The van der Waals surface area contributed by atoms with Gasteiger partial charge in [0.15, 0.2) is 0 Å². The first-order valence-electron chi connectivity index (χ1n) is 4.00. The zero-order valence-electron chi connectivity index (χ0n) is 7.16. The van der Waals surface area contributed by atoms with Crippen molar-refractivity contribution in [3.8, 4) is 0 Å². The largest absolute Gasteiger partial charge is 0.433 e. The van der Waals surface area contributed by atoms with Gasteiger partial charge in [-0.15, -0.1) is 0 Å². The SMILES string of the molecule is CCC(=O)O[C@@H]1O[C@H]1C(C)C. The Labute approximate surface area is 66.7 Å². The molecule has 1 aliphatic rings. The van der Waals surface area contributed by atoms with Gasteiger partial charge in [0.05, 0.1) is 0 Å². The van der Waals surface area contributed by atoms with Crippen LogP contribution >= 0.6 is 0 Å². The molecule has 0 unspecified atom stereocenters. The summed E-state index contributed by atoms with van der Waals surface area (Å²) in [6, 6.07) is 0. The summed E-state index contributed by atoms with van der Waals surface area (Å²) in [6.07, 6.45) is 0.290. The van der Waals surface area contributed by atoms with Crippen LogP contribution < -0.4 is 0 Å². The Morgan fingerprint density at radius 1 is 1.64 bits per heavy atom. The van der Waals surface area contributed by atoms with Gasteiger partial charge in [-0.25, -0.2) is 0 Å². The minimum Gasteiger partial charge on any atom is -0.433 e. The Morgan fingerprint density at radius 2 is 2.27 bits per heavy atom. The first-order chi connectivity index (χ1) is 5.15. The van der Waals surface area contributed by atoms with E-state index in [1.165, 1.54) is 0 Å². The lowest BCUT2D eigenvalue weighted by molar-refractivity contribution is -0.148. The highest BCUT2D eigenvalue weighted by molar-refractivity contribution is 5.69. The molecule has 0 aromatic rings. The molecule has 0 spiro atoms. The van der Waals surface area contributed by atoms with E-state index in [1.54, 1.807) is 6.92 Å². The zero-order valence-corrected chi connectivity index (χ0v) is 7.16. The topological polar surface area (TPSA) is 38.8 Å². The Kier molecular flexibility index (Phi) is 2.49. The van der Waals surface area contributed by atoms with Crippen molar-refractivity contribution in [2.45, 2.75) is 39.6 Å². The highest BCUT2D eigenvalue weighted by atomic mass is 16.8. The van der Waals surface area contributed by atoms with E-state index in [9.17, 15) is 4.79 Å². The molecule has 3 nitrogen and oxygen atoms in total. The maximum absolute atomic E-state index is 10.7. The van der Waals surface area contributed by atoms with Crippen molar-refractivity contribution in [1.82, 2.24) is 0 Å². The van der Waals surface area contributed by atoms with E-state index in [-0.39, 0.29) is 18.4 Å². The number of rotatable bonds is 3. The van der Waals surface area contributed by atoms with Crippen LogP contribution in [0, 0.1) is 5.92 Å². The lowest BCUT2D eigenvalue weighted by atomic mass is 10.1. The molecule has 1 heterocycles. The Morgan fingerprint density at radius 3 is 2.64 bits per heavy atom. The number of hydrogen-bond donors (Lipinski definition) is 0. The Balaban J connectivity index is 2.18. The van der Waals surface area contributed by atoms with E-state index in [0.717, 1.165) is 0 Å². The Hall–Kier alpha value is -0.570. The van der Waals surface area contributed by atoms with Crippen molar-refractivity contribution in [2.75, 3.05) is 0 Å². The van der Waals surface area contributed by atoms with Crippen molar-refractivity contribution < 1.29 is 14.3 Å². The second-order valence-electron chi connectivity index (χ2n) is 3.06. The summed E-state index contributed by atoms with van der Waals surface area (Å²) in [5, 5.41) is 0. The minimum atomic E-state index is -0.262. The molecule has 0 aromatic carbocycles. The van der Waals surface area contributed by atoms with Crippen LogP contribution in [0.2, 0.25) is 0 Å². The van der Waals surface area contributed by atoms with Crippen molar-refractivity contribution in [2.24, 2.45) is 5.92 Å². The highest BCUT2D eigenvalue weighted by Crippen LogP contribution is 2.30. The van der Waals surface area contributed by atoms with Gasteiger partial charge in [-0.05, 0) is 5.92 Å². The summed E-state index contributed by atoms with van der Waals surface area (Å²) in [7, 11) is 0. The maximum Gasteiger partial charge on any atom is 0.307 e. The molecule has 1 aliphatic heterocycles. The van der Waals surface area contributed by atoms with Gasteiger partial charge in [-0.3, -0.25) is 4.79 Å². The molecular formula is C8H14O3. The summed E-state index contributed by atoms with van der Waals surface area (Å²) < 4.78 is 10.0. The summed E-state index contributed by atoms with van der Waals surface area (Å²) in [5.74, 6) is 0.253. The van der Waals surface area contributed by atoms with Gasteiger partial charge in [0.1, 0.15) is 6.10 Å². The number of ether oxygens (including phenoxy) is 2. The number of carbonyl (C=O) groups excluding carboxylic acids is 1. The number of hydrogen-bond acceptors (Lipinski definition) is 3. The first kappa shape index (κ1) is 8.53. The first-order valence-corrected chi connectivity index (χ1v) is 4.00. The molecule has 1 saturated heterocycles. The number of carbonyl (C=O) groups is 1. The number of esters is 1. The van der Waals surface area contributed by atoms with Crippen molar-refractivity contribution in [3.05, 3.63) is 0 Å². The number of epoxide rings is 1. The fourth-order valence-electron chi connectivity index (χ4n) is 0.889. The van der Waals surface area contributed by atoms with Crippen molar-refractivity contribution >= 4 is 5.97 Å². The van der Waals surface area contributed by atoms with Crippen LogP contribution in [0.1, 0.15) is 27.2 Å². The second kappa shape index (κ2) is 3.22. The van der Waals surface area contributed by atoms with Gasteiger partial charge >= 0.3 is 5.97 Å². The molecule has 0 aromatic heterocycles. The lowest BCUT2D eigenvalue weighted by Gasteiger charge is -1.98. The van der Waals surface area contributed by atoms with Crippen LogP contribution in [0.3, 0.4) is 0 Å². The van der Waals surface area contributed by atoms with E-state index in [2.05, 4.69) is 0 Å². The quantitative estimate of drug-likeness (QED) is 0.459. The summed E-state index contributed by atoms with van der Waals surface area (Å²) in [5.41, 5.74) is 0. The van der Waals surface area contributed by atoms with Crippen LogP contribution in [0.5, 0.6) is 0 Å². The maximum atomic E-state index is 10.7. The average molecular weight is 158 g/mol. The summed E-state index contributed by atoms with van der Waals surface area (Å²) in [4.78, 5) is 10.7. The monoisotopic (exact) mass is 158 g/mol. The molecule has 0 radical (unpaired) electrons. The van der Waals surface area contributed by atoms with E-state index in [4.69, 9.17) is 9.47 Å². The third-order valence-corrected chi connectivity index (χ3v) is 1.68. The summed E-state index contributed by atoms with van der Waals surface area (Å²) >= 11 is 0. The van der Waals surface area contributed by atoms with E-state index in [0.29, 0.717) is 12.3 Å². The smallest absolute Gasteiger partial charge is 0.307 e. The van der Waals surface area contributed by atoms with Crippen LogP contribution in [-0.2, 0) is 14.3 Å². The van der Waals surface area contributed by atoms with Gasteiger partial charge in [0.25, 0.3) is 0 Å². The predicted octanol–water partition coefficient (Wildman–Crippen LogP) is 1.32. The molecule has 1 fully saturated rings.